The average molecular weight is 221 g/mol. The molecule has 2 rings (SSSR count). The minimum absolute atomic E-state index is 0.540. The average Bonchev–Trinajstić information content (AvgIpc) is 2.73. The number of oxime groups is 1. The highest BCUT2D eigenvalue weighted by molar-refractivity contribution is 6.04. The van der Waals surface area contributed by atoms with E-state index in [0.717, 1.165) is 35.4 Å². The Hall–Kier alpha value is -1.55. The van der Waals surface area contributed by atoms with Crippen LogP contribution in [0.5, 0.6) is 5.75 Å². The highest BCUT2D eigenvalue weighted by atomic mass is 16.5. The predicted octanol–water partition coefficient (Wildman–Crippen LogP) is 1.84. The van der Waals surface area contributed by atoms with Gasteiger partial charge in [-0.15, -0.1) is 0 Å². The molecule has 0 spiro atoms. The van der Waals surface area contributed by atoms with Crippen molar-refractivity contribution < 1.29 is 14.7 Å². The Kier molecular flexibility index (Phi) is 3.41. The van der Waals surface area contributed by atoms with Crippen molar-refractivity contribution in [1.82, 2.24) is 0 Å². The summed E-state index contributed by atoms with van der Waals surface area (Å²) in [6, 6.07) is 5.81. The molecule has 4 heteroatoms. The molecule has 1 N–H and O–H groups in total. The Morgan fingerprint density at radius 2 is 2.19 bits per heavy atom. The summed E-state index contributed by atoms with van der Waals surface area (Å²) in [5.41, 5.74) is 2.87. The fraction of sp³-hybridized carbons (Fsp3) is 0.417. The highest BCUT2D eigenvalue weighted by Gasteiger charge is 2.21. The summed E-state index contributed by atoms with van der Waals surface area (Å²) in [6.45, 7) is 1.11. The second kappa shape index (κ2) is 4.99. The van der Waals surface area contributed by atoms with Crippen LogP contribution in [0.1, 0.15) is 17.5 Å². The van der Waals surface area contributed by atoms with Gasteiger partial charge in [-0.05, 0) is 18.9 Å². The summed E-state index contributed by atoms with van der Waals surface area (Å²) in [5, 5.41) is 12.1. The minimum Gasteiger partial charge on any atom is -0.491 e. The molecule has 1 aliphatic rings. The number of hydrogen-bond donors (Lipinski definition) is 1. The summed E-state index contributed by atoms with van der Waals surface area (Å²) in [5.74, 6) is 0.869. The van der Waals surface area contributed by atoms with E-state index in [2.05, 4.69) is 5.16 Å². The topological polar surface area (TPSA) is 51.0 Å². The van der Waals surface area contributed by atoms with Crippen molar-refractivity contribution >= 4 is 5.71 Å². The number of nitrogens with zero attached hydrogens (tertiary/aromatic N) is 1. The van der Waals surface area contributed by atoms with E-state index in [1.807, 2.05) is 18.2 Å². The summed E-state index contributed by atoms with van der Waals surface area (Å²) in [4.78, 5) is 0. The monoisotopic (exact) mass is 221 g/mol. The predicted molar refractivity (Wildman–Crippen MR) is 60.5 cm³/mol. The van der Waals surface area contributed by atoms with E-state index in [9.17, 15) is 0 Å². The summed E-state index contributed by atoms with van der Waals surface area (Å²) < 4.78 is 10.6. The maximum Gasteiger partial charge on any atom is 0.123 e. The highest BCUT2D eigenvalue weighted by Crippen LogP contribution is 2.30. The smallest absolute Gasteiger partial charge is 0.123 e. The number of fused-ring (bicyclic) bond motifs is 1. The van der Waals surface area contributed by atoms with Crippen molar-refractivity contribution in [3.8, 4) is 5.75 Å². The Balaban J connectivity index is 2.19. The number of methoxy groups -OCH3 is 1. The van der Waals surface area contributed by atoms with Gasteiger partial charge in [-0.1, -0.05) is 17.3 Å². The zero-order valence-electron chi connectivity index (χ0n) is 9.27. The lowest BCUT2D eigenvalue weighted by Gasteiger charge is -2.09. The van der Waals surface area contributed by atoms with Gasteiger partial charge in [0.1, 0.15) is 12.4 Å². The van der Waals surface area contributed by atoms with E-state index in [4.69, 9.17) is 14.7 Å². The van der Waals surface area contributed by atoms with Gasteiger partial charge >= 0.3 is 0 Å². The Morgan fingerprint density at radius 3 is 2.94 bits per heavy atom. The number of benzene rings is 1. The lowest BCUT2D eigenvalue weighted by molar-refractivity contribution is 0.146. The van der Waals surface area contributed by atoms with Crippen molar-refractivity contribution in [2.75, 3.05) is 20.3 Å². The molecule has 1 aromatic rings. The minimum atomic E-state index is 0.540. The third-order valence-corrected chi connectivity index (χ3v) is 2.72. The van der Waals surface area contributed by atoms with Crippen LogP contribution in [0.4, 0.5) is 0 Å². The SMILES string of the molecule is COCCOc1cccc2c1CCC2=NO. The van der Waals surface area contributed by atoms with Crippen LogP contribution in [0, 0.1) is 0 Å². The van der Waals surface area contributed by atoms with Gasteiger partial charge in [0, 0.05) is 18.2 Å². The van der Waals surface area contributed by atoms with Gasteiger partial charge in [-0.2, -0.15) is 0 Å². The maximum absolute atomic E-state index is 8.84. The zero-order chi connectivity index (χ0) is 11.4. The molecule has 1 aliphatic carbocycles. The summed E-state index contributed by atoms with van der Waals surface area (Å²) in [6.07, 6.45) is 1.65. The van der Waals surface area contributed by atoms with Crippen molar-refractivity contribution in [2.24, 2.45) is 5.16 Å². The van der Waals surface area contributed by atoms with Gasteiger partial charge in [0.2, 0.25) is 0 Å². The van der Waals surface area contributed by atoms with Crippen LogP contribution >= 0.6 is 0 Å². The second-order valence-corrected chi connectivity index (χ2v) is 3.67. The first kappa shape index (κ1) is 11.0. The van der Waals surface area contributed by atoms with Crippen LogP contribution < -0.4 is 4.74 Å². The van der Waals surface area contributed by atoms with Gasteiger partial charge in [-0.25, -0.2) is 0 Å². The fourth-order valence-electron chi connectivity index (χ4n) is 1.95. The molecule has 0 heterocycles. The van der Waals surface area contributed by atoms with Crippen LogP contribution in [0.3, 0.4) is 0 Å². The molecular formula is C12H15NO3. The molecule has 1 aromatic carbocycles. The molecule has 86 valence electrons. The Bertz CT molecular complexity index is 401. The van der Waals surface area contributed by atoms with Crippen molar-refractivity contribution in [2.45, 2.75) is 12.8 Å². The van der Waals surface area contributed by atoms with E-state index >= 15 is 0 Å². The summed E-state index contributed by atoms with van der Waals surface area (Å²) in [7, 11) is 1.65. The second-order valence-electron chi connectivity index (χ2n) is 3.67. The van der Waals surface area contributed by atoms with Gasteiger partial charge in [-0.3, -0.25) is 0 Å². The number of ether oxygens (including phenoxy) is 2. The quantitative estimate of drug-likeness (QED) is 0.479. The van der Waals surface area contributed by atoms with Crippen molar-refractivity contribution in [1.29, 1.82) is 0 Å². The molecule has 0 radical (unpaired) electrons. The van der Waals surface area contributed by atoms with Gasteiger partial charge in [0.05, 0.1) is 12.3 Å². The van der Waals surface area contributed by atoms with Crippen molar-refractivity contribution in [3.63, 3.8) is 0 Å². The molecule has 0 amide bonds. The summed E-state index contributed by atoms with van der Waals surface area (Å²) >= 11 is 0. The lowest BCUT2D eigenvalue weighted by atomic mass is 10.1. The molecule has 0 aromatic heterocycles. The van der Waals surface area contributed by atoms with E-state index in [-0.39, 0.29) is 0 Å². The molecule has 0 atom stereocenters. The van der Waals surface area contributed by atoms with E-state index in [1.165, 1.54) is 0 Å². The third-order valence-electron chi connectivity index (χ3n) is 2.72. The van der Waals surface area contributed by atoms with Gasteiger partial charge in [0.15, 0.2) is 0 Å². The maximum atomic E-state index is 8.84. The first-order valence-electron chi connectivity index (χ1n) is 5.31. The first-order valence-corrected chi connectivity index (χ1v) is 5.31. The van der Waals surface area contributed by atoms with Crippen LogP contribution in [0.2, 0.25) is 0 Å². The van der Waals surface area contributed by atoms with Gasteiger partial charge in [0.25, 0.3) is 0 Å². The molecule has 4 nitrogen and oxygen atoms in total. The molecule has 0 saturated carbocycles. The van der Waals surface area contributed by atoms with Gasteiger partial charge < -0.3 is 14.7 Å². The lowest BCUT2D eigenvalue weighted by Crippen LogP contribution is -2.06. The first-order chi connectivity index (χ1) is 7.86. The van der Waals surface area contributed by atoms with Crippen LogP contribution in [0.25, 0.3) is 0 Å². The van der Waals surface area contributed by atoms with E-state index in [0.29, 0.717) is 13.2 Å². The molecule has 0 unspecified atom stereocenters. The van der Waals surface area contributed by atoms with Crippen LogP contribution in [-0.2, 0) is 11.2 Å². The van der Waals surface area contributed by atoms with Crippen LogP contribution in [0.15, 0.2) is 23.4 Å². The number of hydrogen-bond acceptors (Lipinski definition) is 4. The standard InChI is InChI=1S/C12H15NO3/c1-15-7-8-16-12-4-2-3-9-10(12)5-6-11(9)13-14/h2-4,14H,5-8H2,1H3. The molecule has 0 aliphatic heterocycles. The fourth-order valence-corrected chi connectivity index (χ4v) is 1.95. The Morgan fingerprint density at radius 1 is 1.31 bits per heavy atom. The number of rotatable bonds is 4. The largest absolute Gasteiger partial charge is 0.491 e. The molecule has 0 bridgehead atoms. The molecule has 0 fully saturated rings. The zero-order valence-corrected chi connectivity index (χ0v) is 9.27. The normalized spacial score (nSPS) is 16.4. The third kappa shape index (κ3) is 2.02. The van der Waals surface area contributed by atoms with E-state index < -0.39 is 0 Å². The molecule has 0 saturated heterocycles. The molecular weight excluding hydrogens is 206 g/mol. The molecule has 16 heavy (non-hydrogen) atoms. The Labute approximate surface area is 94.5 Å². The van der Waals surface area contributed by atoms with Crippen LogP contribution in [-0.4, -0.2) is 31.2 Å². The van der Waals surface area contributed by atoms with Crippen molar-refractivity contribution in [3.05, 3.63) is 29.3 Å². The van der Waals surface area contributed by atoms with E-state index in [1.54, 1.807) is 7.11 Å².